The molecule has 0 aliphatic heterocycles. The van der Waals surface area contributed by atoms with Crippen molar-refractivity contribution in [2.45, 2.75) is 32.6 Å². The zero-order chi connectivity index (χ0) is 9.52. The van der Waals surface area contributed by atoms with E-state index >= 15 is 0 Å². The standard InChI is InChI=1S/C13H16/c1-3-5-7-13-10-8-12(6-4-2)9-11-13/h2,8-11H,3,5-7H2,1H3. The van der Waals surface area contributed by atoms with Gasteiger partial charge in [0.25, 0.3) is 0 Å². The van der Waals surface area contributed by atoms with Crippen LogP contribution in [-0.4, -0.2) is 0 Å². The van der Waals surface area contributed by atoms with Crippen LogP contribution in [-0.2, 0) is 12.8 Å². The third-order valence-electron chi connectivity index (χ3n) is 2.15. The highest BCUT2D eigenvalue weighted by atomic mass is 14.0. The second-order valence-electron chi connectivity index (χ2n) is 3.30. The fraction of sp³-hybridized carbons (Fsp3) is 0.385. The van der Waals surface area contributed by atoms with E-state index in [4.69, 9.17) is 6.42 Å². The maximum Gasteiger partial charge on any atom is 0.0337 e. The second kappa shape index (κ2) is 5.43. The molecule has 0 heterocycles. The summed E-state index contributed by atoms with van der Waals surface area (Å²) in [5, 5.41) is 0. The zero-order valence-corrected chi connectivity index (χ0v) is 8.22. The lowest BCUT2D eigenvalue weighted by Crippen LogP contribution is -1.86. The number of rotatable bonds is 4. The summed E-state index contributed by atoms with van der Waals surface area (Å²) in [4.78, 5) is 0. The summed E-state index contributed by atoms with van der Waals surface area (Å²) in [6.45, 7) is 2.21. The second-order valence-corrected chi connectivity index (χ2v) is 3.30. The van der Waals surface area contributed by atoms with Gasteiger partial charge in [-0.05, 0) is 24.0 Å². The maximum absolute atomic E-state index is 5.23. The summed E-state index contributed by atoms with van der Waals surface area (Å²) in [6, 6.07) is 8.63. The number of terminal acetylenes is 1. The zero-order valence-electron chi connectivity index (χ0n) is 8.22. The number of hydrogen-bond donors (Lipinski definition) is 0. The van der Waals surface area contributed by atoms with E-state index in [9.17, 15) is 0 Å². The van der Waals surface area contributed by atoms with Crippen LogP contribution in [0.2, 0.25) is 0 Å². The maximum atomic E-state index is 5.23. The normalized spacial score (nSPS) is 9.54. The Balaban J connectivity index is 2.55. The van der Waals surface area contributed by atoms with Crippen molar-refractivity contribution in [3.8, 4) is 12.3 Å². The molecule has 0 unspecified atom stereocenters. The first-order valence-electron chi connectivity index (χ1n) is 4.88. The number of aryl methyl sites for hydroxylation is 1. The van der Waals surface area contributed by atoms with Gasteiger partial charge in [0.1, 0.15) is 0 Å². The SMILES string of the molecule is C#CCc1ccc(CCCC)cc1. The molecule has 0 saturated carbocycles. The highest BCUT2D eigenvalue weighted by Crippen LogP contribution is 2.07. The number of benzene rings is 1. The summed E-state index contributed by atoms with van der Waals surface area (Å²) >= 11 is 0. The van der Waals surface area contributed by atoms with Gasteiger partial charge in [0.15, 0.2) is 0 Å². The van der Waals surface area contributed by atoms with Gasteiger partial charge in [-0.1, -0.05) is 37.6 Å². The summed E-state index contributed by atoms with van der Waals surface area (Å²) in [6.07, 6.45) is 9.69. The van der Waals surface area contributed by atoms with E-state index in [1.807, 2.05) is 0 Å². The topological polar surface area (TPSA) is 0 Å². The van der Waals surface area contributed by atoms with Crippen LogP contribution in [0.25, 0.3) is 0 Å². The third kappa shape index (κ3) is 3.34. The van der Waals surface area contributed by atoms with Crippen molar-refractivity contribution in [1.82, 2.24) is 0 Å². The first-order chi connectivity index (χ1) is 6.36. The lowest BCUT2D eigenvalue weighted by atomic mass is 10.1. The van der Waals surface area contributed by atoms with Crippen LogP contribution in [0.1, 0.15) is 30.9 Å². The molecule has 68 valence electrons. The Morgan fingerprint density at radius 1 is 1.15 bits per heavy atom. The lowest BCUT2D eigenvalue weighted by molar-refractivity contribution is 0.795. The minimum atomic E-state index is 0.744. The molecule has 13 heavy (non-hydrogen) atoms. The van der Waals surface area contributed by atoms with Gasteiger partial charge in [-0.25, -0.2) is 0 Å². The highest BCUT2D eigenvalue weighted by Gasteiger charge is 1.92. The number of hydrogen-bond acceptors (Lipinski definition) is 0. The minimum Gasteiger partial charge on any atom is -0.120 e. The summed E-state index contributed by atoms with van der Waals surface area (Å²) < 4.78 is 0. The Labute approximate surface area is 81.0 Å². The highest BCUT2D eigenvalue weighted by molar-refractivity contribution is 5.25. The average Bonchev–Trinajstić information content (AvgIpc) is 2.17. The lowest BCUT2D eigenvalue weighted by Gasteiger charge is -2.00. The molecule has 0 heteroatoms. The van der Waals surface area contributed by atoms with Crippen LogP contribution in [0, 0.1) is 12.3 Å². The van der Waals surface area contributed by atoms with Gasteiger partial charge in [-0.3, -0.25) is 0 Å². The Kier molecular flexibility index (Phi) is 4.12. The molecule has 0 aliphatic carbocycles. The Morgan fingerprint density at radius 3 is 2.31 bits per heavy atom. The van der Waals surface area contributed by atoms with Crippen LogP contribution in [0.15, 0.2) is 24.3 Å². The van der Waals surface area contributed by atoms with Gasteiger partial charge < -0.3 is 0 Å². The molecular weight excluding hydrogens is 156 g/mol. The third-order valence-corrected chi connectivity index (χ3v) is 2.15. The van der Waals surface area contributed by atoms with Gasteiger partial charge in [0, 0.05) is 6.42 Å². The Bertz CT molecular complexity index is 274. The molecule has 0 spiro atoms. The van der Waals surface area contributed by atoms with Crippen molar-refractivity contribution in [2.75, 3.05) is 0 Å². The van der Waals surface area contributed by atoms with Crippen LogP contribution in [0.4, 0.5) is 0 Å². The molecule has 0 N–H and O–H groups in total. The molecule has 0 radical (unpaired) electrons. The van der Waals surface area contributed by atoms with Gasteiger partial charge in [0.05, 0.1) is 0 Å². The van der Waals surface area contributed by atoms with Crippen LogP contribution < -0.4 is 0 Å². The van der Waals surface area contributed by atoms with Crippen molar-refractivity contribution in [3.63, 3.8) is 0 Å². The largest absolute Gasteiger partial charge is 0.120 e. The molecule has 0 nitrogen and oxygen atoms in total. The predicted molar refractivity (Wildman–Crippen MR) is 57.6 cm³/mol. The van der Waals surface area contributed by atoms with Crippen LogP contribution in [0.5, 0.6) is 0 Å². The van der Waals surface area contributed by atoms with E-state index in [-0.39, 0.29) is 0 Å². The molecule has 1 aromatic rings. The van der Waals surface area contributed by atoms with E-state index in [1.165, 1.54) is 30.4 Å². The summed E-state index contributed by atoms with van der Waals surface area (Å²) in [5.74, 6) is 2.65. The molecule has 1 aromatic carbocycles. The fourth-order valence-corrected chi connectivity index (χ4v) is 1.32. The quantitative estimate of drug-likeness (QED) is 0.612. The smallest absolute Gasteiger partial charge is 0.0337 e. The van der Waals surface area contributed by atoms with E-state index in [0.717, 1.165) is 6.42 Å². The molecular formula is C13H16. The molecule has 0 aromatic heterocycles. The summed E-state index contributed by atoms with van der Waals surface area (Å²) in [5.41, 5.74) is 2.66. The Hall–Kier alpha value is -1.22. The number of unbranched alkanes of at least 4 members (excludes halogenated alkanes) is 1. The van der Waals surface area contributed by atoms with E-state index < -0.39 is 0 Å². The monoisotopic (exact) mass is 172 g/mol. The van der Waals surface area contributed by atoms with Gasteiger partial charge >= 0.3 is 0 Å². The average molecular weight is 172 g/mol. The molecule has 0 amide bonds. The van der Waals surface area contributed by atoms with E-state index in [1.54, 1.807) is 0 Å². The van der Waals surface area contributed by atoms with Gasteiger partial charge in [-0.15, -0.1) is 12.3 Å². The molecule has 1 rings (SSSR count). The van der Waals surface area contributed by atoms with Crippen molar-refractivity contribution >= 4 is 0 Å². The van der Waals surface area contributed by atoms with Crippen LogP contribution in [0.3, 0.4) is 0 Å². The molecule has 0 saturated heterocycles. The minimum absolute atomic E-state index is 0.744. The first kappa shape index (κ1) is 9.86. The van der Waals surface area contributed by atoms with Crippen molar-refractivity contribution < 1.29 is 0 Å². The van der Waals surface area contributed by atoms with Gasteiger partial charge in [0.2, 0.25) is 0 Å². The molecule has 0 atom stereocenters. The van der Waals surface area contributed by atoms with Crippen molar-refractivity contribution in [2.24, 2.45) is 0 Å². The first-order valence-corrected chi connectivity index (χ1v) is 4.88. The molecule has 0 aliphatic rings. The van der Waals surface area contributed by atoms with Crippen LogP contribution >= 0.6 is 0 Å². The van der Waals surface area contributed by atoms with E-state index in [2.05, 4.69) is 37.1 Å². The predicted octanol–water partition coefficient (Wildman–Crippen LogP) is 3.20. The molecule has 0 bridgehead atoms. The van der Waals surface area contributed by atoms with Crippen molar-refractivity contribution in [1.29, 1.82) is 0 Å². The fourth-order valence-electron chi connectivity index (χ4n) is 1.32. The summed E-state index contributed by atoms with van der Waals surface area (Å²) in [7, 11) is 0. The van der Waals surface area contributed by atoms with Crippen molar-refractivity contribution in [3.05, 3.63) is 35.4 Å². The Morgan fingerprint density at radius 2 is 1.77 bits per heavy atom. The molecule has 0 fully saturated rings. The van der Waals surface area contributed by atoms with E-state index in [0.29, 0.717) is 0 Å². The van der Waals surface area contributed by atoms with Gasteiger partial charge in [-0.2, -0.15) is 0 Å².